The van der Waals surface area contributed by atoms with Gasteiger partial charge in [-0.2, -0.15) is 0 Å². The fourth-order valence-corrected chi connectivity index (χ4v) is 3.13. The standard InChI is InChI=1S/C14H27N/c1-3-11-5-9-13(10-6-11)15-14(4-2)12-7-8-12/h11-15H,3-10H2,1-2H3. The molecule has 1 heteroatoms. The van der Waals surface area contributed by atoms with Crippen LogP contribution in [0.5, 0.6) is 0 Å². The fourth-order valence-electron chi connectivity index (χ4n) is 3.13. The Hall–Kier alpha value is -0.0400. The lowest BCUT2D eigenvalue weighted by atomic mass is 9.84. The zero-order chi connectivity index (χ0) is 10.7. The third kappa shape index (κ3) is 3.21. The summed E-state index contributed by atoms with van der Waals surface area (Å²) in [5.41, 5.74) is 0. The highest BCUT2D eigenvalue weighted by Crippen LogP contribution is 2.35. The van der Waals surface area contributed by atoms with Crippen LogP contribution in [0.15, 0.2) is 0 Å². The van der Waals surface area contributed by atoms with Crippen molar-refractivity contribution in [3.05, 3.63) is 0 Å². The quantitative estimate of drug-likeness (QED) is 0.727. The lowest BCUT2D eigenvalue weighted by Gasteiger charge is -2.31. The molecule has 2 fully saturated rings. The molecule has 0 spiro atoms. The normalized spacial score (nSPS) is 34.0. The van der Waals surface area contributed by atoms with Crippen LogP contribution in [0.1, 0.15) is 65.2 Å². The molecule has 2 aliphatic carbocycles. The molecule has 0 heterocycles. The third-order valence-corrected chi connectivity index (χ3v) is 4.50. The monoisotopic (exact) mass is 209 g/mol. The molecule has 1 atom stereocenters. The molecule has 88 valence electrons. The molecule has 15 heavy (non-hydrogen) atoms. The first-order chi connectivity index (χ1) is 7.33. The fraction of sp³-hybridized carbons (Fsp3) is 1.00. The summed E-state index contributed by atoms with van der Waals surface area (Å²) in [5, 5.41) is 3.91. The summed E-state index contributed by atoms with van der Waals surface area (Å²) < 4.78 is 0. The van der Waals surface area contributed by atoms with Crippen LogP contribution in [0, 0.1) is 11.8 Å². The SMILES string of the molecule is CCC1CCC(NC(CC)C2CC2)CC1. The third-order valence-electron chi connectivity index (χ3n) is 4.50. The summed E-state index contributed by atoms with van der Waals surface area (Å²) >= 11 is 0. The Labute approximate surface area is 95.0 Å². The highest BCUT2D eigenvalue weighted by Gasteiger charge is 2.32. The van der Waals surface area contributed by atoms with Gasteiger partial charge >= 0.3 is 0 Å². The maximum absolute atomic E-state index is 3.91. The van der Waals surface area contributed by atoms with Crippen molar-refractivity contribution < 1.29 is 0 Å². The summed E-state index contributed by atoms with van der Waals surface area (Å²) in [4.78, 5) is 0. The van der Waals surface area contributed by atoms with E-state index in [1.807, 2.05) is 0 Å². The molecule has 2 rings (SSSR count). The van der Waals surface area contributed by atoms with Crippen LogP contribution in [-0.2, 0) is 0 Å². The molecule has 0 amide bonds. The van der Waals surface area contributed by atoms with Crippen LogP contribution in [0.3, 0.4) is 0 Å². The number of rotatable bonds is 5. The number of nitrogens with one attached hydrogen (secondary N) is 1. The molecule has 0 aliphatic heterocycles. The molecule has 0 aromatic heterocycles. The molecule has 0 bridgehead atoms. The van der Waals surface area contributed by atoms with E-state index in [4.69, 9.17) is 0 Å². The summed E-state index contributed by atoms with van der Waals surface area (Å²) in [6.45, 7) is 4.69. The Morgan fingerprint density at radius 1 is 1.00 bits per heavy atom. The van der Waals surface area contributed by atoms with Gasteiger partial charge < -0.3 is 5.32 Å². The zero-order valence-electron chi connectivity index (χ0n) is 10.5. The van der Waals surface area contributed by atoms with E-state index in [2.05, 4.69) is 19.2 Å². The summed E-state index contributed by atoms with van der Waals surface area (Å²) in [6.07, 6.45) is 11.5. The van der Waals surface area contributed by atoms with Gasteiger partial charge in [0.05, 0.1) is 0 Å². The van der Waals surface area contributed by atoms with Gasteiger partial charge in [-0.1, -0.05) is 20.3 Å². The van der Waals surface area contributed by atoms with Gasteiger partial charge in [0.1, 0.15) is 0 Å². The lowest BCUT2D eigenvalue weighted by molar-refractivity contribution is 0.258. The predicted octanol–water partition coefficient (Wildman–Crippen LogP) is 3.73. The average Bonchev–Trinajstić information content (AvgIpc) is 3.10. The molecule has 0 aromatic carbocycles. The lowest BCUT2D eigenvalue weighted by Crippen LogP contribution is -2.41. The van der Waals surface area contributed by atoms with Crippen molar-refractivity contribution in [2.24, 2.45) is 11.8 Å². The van der Waals surface area contributed by atoms with Crippen molar-refractivity contribution in [1.82, 2.24) is 5.32 Å². The van der Waals surface area contributed by atoms with Crippen molar-refractivity contribution in [3.63, 3.8) is 0 Å². The van der Waals surface area contributed by atoms with Crippen LogP contribution >= 0.6 is 0 Å². The van der Waals surface area contributed by atoms with Crippen LogP contribution in [0.2, 0.25) is 0 Å². The van der Waals surface area contributed by atoms with E-state index in [9.17, 15) is 0 Å². The van der Waals surface area contributed by atoms with E-state index in [0.29, 0.717) is 0 Å². The number of hydrogen-bond donors (Lipinski definition) is 1. The van der Waals surface area contributed by atoms with E-state index in [1.54, 1.807) is 0 Å². The van der Waals surface area contributed by atoms with Gasteiger partial charge in [-0.25, -0.2) is 0 Å². The van der Waals surface area contributed by atoms with Gasteiger partial charge in [-0.15, -0.1) is 0 Å². The first-order valence-electron chi connectivity index (χ1n) is 7.09. The largest absolute Gasteiger partial charge is 0.311 e. The Bertz CT molecular complexity index is 178. The van der Waals surface area contributed by atoms with Crippen LogP contribution in [0.25, 0.3) is 0 Å². The van der Waals surface area contributed by atoms with Gasteiger partial charge in [0.2, 0.25) is 0 Å². The summed E-state index contributed by atoms with van der Waals surface area (Å²) in [6, 6.07) is 1.69. The minimum absolute atomic E-state index is 0.841. The van der Waals surface area contributed by atoms with Gasteiger partial charge in [-0.05, 0) is 56.8 Å². The molecule has 0 saturated heterocycles. The molecule has 2 aliphatic rings. The molecular formula is C14H27N. The second kappa shape index (κ2) is 5.34. The second-order valence-corrected chi connectivity index (χ2v) is 5.64. The molecule has 1 N–H and O–H groups in total. The maximum atomic E-state index is 3.91. The van der Waals surface area contributed by atoms with Gasteiger partial charge in [-0.3, -0.25) is 0 Å². The van der Waals surface area contributed by atoms with E-state index in [0.717, 1.165) is 23.9 Å². The van der Waals surface area contributed by atoms with Crippen molar-refractivity contribution in [2.75, 3.05) is 0 Å². The van der Waals surface area contributed by atoms with Gasteiger partial charge in [0, 0.05) is 12.1 Å². The summed E-state index contributed by atoms with van der Waals surface area (Å²) in [5.74, 6) is 2.06. The zero-order valence-corrected chi connectivity index (χ0v) is 10.5. The Kier molecular flexibility index (Phi) is 4.07. The Morgan fingerprint density at radius 3 is 2.13 bits per heavy atom. The molecule has 1 nitrogen and oxygen atoms in total. The van der Waals surface area contributed by atoms with Gasteiger partial charge in [0.25, 0.3) is 0 Å². The topological polar surface area (TPSA) is 12.0 Å². The molecule has 0 radical (unpaired) electrons. The second-order valence-electron chi connectivity index (χ2n) is 5.64. The first kappa shape index (κ1) is 11.4. The maximum Gasteiger partial charge on any atom is 0.00952 e. The average molecular weight is 209 g/mol. The molecule has 2 saturated carbocycles. The molecular weight excluding hydrogens is 182 g/mol. The van der Waals surface area contributed by atoms with E-state index < -0.39 is 0 Å². The van der Waals surface area contributed by atoms with Gasteiger partial charge in [0.15, 0.2) is 0 Å². The first-order valence-corrected chi connectivity index (χ1v) is 7.09. The van der Waals surface area contributed by atoms with Crippen molar-refractivity contribution in [2.45, 2.75) is 77.3 Å². The number of hydrogen-bond acceptors (Lipinski definition) is 1. The Balaban J connectivity index is 1.70. The van der Waals surface area contributed by atoms with Crippen molar-refractivity contribution in [1.29, 1.82) is 0 Å². The van der Waals surface area contributed by atoms with Crippen LogP contribution in [0.4, 0.5) is 0 Å². The van der Waals surface area contributed by atoms with E-state index >= 15 is 0 Å². The highest BCUT2D eigenvalue weighted by molar-refractivity contribution is 4.88. The molecule has 0 aromatic rings. The smallest absolute Gasteiger partial charge is 0.00952 e. The van der Waals surface area contributed by atoms with E-state index in [1.165, 1.54) is 51.4 Å². The minimum atomic E-state index is 0.841. The van der Waals surface area contributed by atoms with Crippen molar-refractivity contribution >= 4 is 0 Å². The predicted molar refractivity (Wildman–Crippen MR) is 66.0 cm³/mol. The summed E-state index contributed by atoms with van der Waals surface area (Å²) in [7, 11) is 0. The molecule has 1 unspecified atom stereocenters. The minimum Gasteiger partial charge on any atom is -0.311 e. The van der Waals surface area contributed by atoms with Crippen LogP contribution < -0.4 is 5.32 Å². The highest BCUT2D eigenvalue weighted by atomic mass is 15.0. The van der Waals surface area contributed by atoms with Crippen LogP contribution in [-0.4, -0.2) is 12.1 Å². The van der Waals surface area contributed by atoms with E-state index in [-0.39, 0.29) is 0 Å². The van der Waals surface area contributed by atoms with Crippen molar-refractivity contribution in [3.8, 4) is 0 Å². The Morgan fingerprint density at radius 2 is 1.67 bits per heavy atom.